The van der Waals surface area contributed by atoms with E-state index in [2.05, 4.69) is 20.6 Å². The van der Waals surface area contributed by atoms with Crippen LogP contribution in [0.15, 0.2) is 53.2 Å². The molecule has 0 unspecified atom stereocenters. The quantitative estimate of drug-likeness (QED) is 0.492. The topological polar surface area (TPSA) is 95.1 Å². The Balaban J connectivity index is 1.38. The summed E-state index contributed by atoms with van der Waals surface area (Å²) in [5.41, 5.74) is 3.31. The predicted octanol–water partition coefficient (Wildman–Crippen LogP) is 4.25. The average Bonchev–Trinajstić information content (AvgIpc) is 3.18. The number of aromatic nitrogens is 4. The highest BCUT2D eigenvalue weighted by Crippen LogP contribution is 2.41. The lowest BCUT2D eigenvalue weighted by atomic mass is 10.0. The molecule has 3 aromatic heterocycles. The number of benzene rings is 1. The lowest BCUT2D eigenvalue weighted by Gasteiger charge is -2.13. The van der Waals surface area contributed by atoms with Crippen LogP contribution in [-0.2, 0) is 11.3 Å². The first kappa shape index (κ1) is 19.2. The van der Waals surface area contributed by atoms with E-state index in [1.54, 1.807) is 6.20 Å². The largest absolute Gasteiger partial charge is 0.381 e. The van der Waals surface area contributed by atoms with Crippen LogP contribution >= 0.6 is 0 Å². The summed E-state index contributed by atoms with van der Waals surface area (Å²) >= 11 is 0. The van der Waals surface area contributed by atoms with Crippen molar-refractivity contribution in [1.29, 1.82) is 0 Å². The van der Waals surface area contributed by atoms with Crippen LogP contribution in [0.5, 0.6) is 0 Å². The van der Waals surface area contributed by atoms with E-state index in [1.807, 2.05) is 47.1 Å². The molecule has 4 heterocycles. The van der Waals surface area contributed by atoms with Gasteiger partial charge in [-0.3, -0.25) is 4.79 Å². The standard InChI is InChI=1S/C24H23N5O3/c30-23(27-20-8-10-25-29(20)13-15-9-11-31-14-15)18-12-19(16-6-7-16)26-24-21(18)22(28-32-24)17-4-2-1-3-5-17/h1-5,8,10,12,15-16H,6-7,9,11,13-14H2,(H,27,30)/t15-/m0/s1. The molecule has 2 fully saturated rings. The number of ether oxygens (including phenoxy) is 1. The van der Waals surface area contributed by atoms with Crippen LogP contribution in [0.2, 0.25) is 0 Å². The highest BCUT2D eigenvalue weighted by atomic mass is 16.5. The van der Waals surface area contributed by atoms with E-state index in [-0.39, 0.29) is 5.91 Å². The molecular formula is C24H23N5O3. The van der Waals surface area contributed by atoms with Gasteiger partial charge in [0.2, 0.25) is 0 Å². The van der Waals surface area contributed by atoms with Crippen LogP contribution in [-0.4, -0.2) is 39.0 Å². The maximum Gasteiger partial charge on any atom is 0.259 e. The lowest BCUT2D eigenvalue weighted by molar-refractivity contribution is 0.102. The Morgan fingerprint density at radius 2 is 2.03 bits per heavy atom. The molecule has 2 aliphatic rings. The molecule has 4 aromatic rings. The van der Waals surface area contributed by atoms with Gasteiger partial charge < -0.3 is 14.6 Å². The molecular weight excluding hydrogens is 406 g/mol. The van der Waals surface area contributed by atoms with Crippen LogP contribution in [0.4, 0.5) is 5.82 Å². The Labute approximate surface area is 184 Å². The number of nitrogens with one attached hydrogen (secondary N) is 1. The third-order valence-electron chi connectivity index (χ3n) is 6.17. The first-order chi connectivity index (χ1) is 15.8. The fourth-order valence-corrected chi connectivity index (χ4v) is 4.27. The molecule has 162 valence electrons. The van der Waals surface area contributed by atoms with E-state index in [1.165, 1.54) is 0 Å². The Bertz CT molecular complexity index is 1270. The van der Waals surface area contributed by atoms with Crippen LogP contribution in [0.25, 0.3) is 22.4 Å². The van der Waals surface area contributed by atoms with E-state index in [9.17, 15) is 4.79 Å². The molecule has 1 atom stereocenters. The fourth-order valence-electron chi connectivity index (χ4n) is 4.27. The van der Waals surface area contributed by atoms with Gasteiger partial charge in [0.15, 0.2) is 0 Å². The molecule has 1 saturated heterocycles. The zero-order chi connectivity index (χ0) is 21.5. The van der Waals surface area contributed by atoms with Gasteiger partial charge in [0.05, 0.1) is 23.8 Å². The Morgan fingerprint density at radius 1 is 1.16 bits per heavy atom. The van der Waals surface area contributed by atoms with Crippen LogP contribution in [0.1, 0.15) is 41.2 Å². The maximum atomic E-state index is 13.5. The normalized spacial score (nSPS) is 18.3. The molecule has 8 heteroatoms. The van der Waals surface area contributed by atoms with Gasteiger partial charge in [-0.05, 0) is 25.3 Å². The third-order valence-corrected chi connectivity index (χ3v) is 6.17. The summed E-state index contributed by atoms with van der Waals surface area (Å²) < 4.78 is 12.9. The molecule has 32 heavy (non-hydrogen) atoms. The molecule has 1 N–H and O–H groups in total. The summed E-state index contributed by atoms with van der Waals surface area (Å²) in [6.07, 6.45) is 4.87. The number of nitrogens with zero attached hydrogens (tertiary/aromatic N) is 4. The molecule has 1 saturated carbocycles. The number of amides is 1. The van der Waals surface area contributed by atoms with Gasteiger partial charge in [0.25, 0.3) is 11.6 Å². The highest BCUT2D eigenvalue weighted by Gasteiger charge is 2.29. The minimum atomic E-state index is -0.218. The third kappa shape index (κ3) is 3.56. The van der Waals surface area contributed by atoms with Gasteiger partial charge in [-0.15, -0.1) is 0 Å². The summed E-state index contributed by atoms with van der Waals surface area (Å²) in [7, 11) is 0. The van der Waals surface area contributed by atoms with Crippen molar-refractivity contribution in [1.82, 2.24) is 19.9 Å². The van der Waals surface area contributed by atoms with Gasteiger partial charge in [-0.2, -0.15) is 5.10 Å². The van der Waals surface area contributed by atoms with E-state index < -0.39 is 0 Å². The summed E-state index contributed by atoms with van der Waals surface area (Å²) in [6.45, 7) is 2.22. The number of hydrogen-bond acceptors (Lipinski definition) is 6. The highest BCUT2D eigenvalue weighted by molar-refractivity contribution is 6.14. The second-order valence-corrected chi connectivity index (χ2v) is 8.53. The first-order valence-electron chi connectivity index (χ1n) is 11.0. The maximum absolute atomic E-state index is 13.5. The summed E-state index contributed by atoms with van der Waals surface area (Å²) in [5, 5.41) is 12.4. The van der Waals surface area contributed by atoms with E-state index in [4.69, 9.17) is 9.26 Å². The number of carbonyl (C=O) groups excluding carboxylic acids is 1. The second kappa shape index (κ2) is 7.87. The number of fused-ring (bicyclic) bond motifs is 1. The molecule has 1 aliphatic heterocycles. The van der Waals surface area contributed by atoms with Crippen molar-refractivity contribution in [3.63, 3.8) is 0 Å². The molecule has 1 amide bonds. The van der Waals surface area contributed by atoms with Gasteiger partial charge >= 0.3 is 0 Å². The molecule has 8 nitrogen and oxygen atoms in total. The molecule has 6 rings (SSSR count). The van der Waals surface area contributed by atoms with Crippen molar-refractivity contribution in [3.8, 4) is 11.3 Å². The number of pyridine rings is 1. The Kier molecular flexibility index (Phi) is 4.72. The van der Waals surface area contributed by atoms with Crippen molar-refractivity contribution in [2.24, 2.45) is 5.92 Å². The summed E-state index contributed by atoms with van der Waals surface area (Å²) in [4.78, 5) is 18.2. The van der Waals surface area contributed by atoms with Gasteiger partial charge in [-0.25, -0.2) is 9.67 Å². The minimum Gasteiger partial charge on any atom is -0.381 e. The zero-order valence-electron chi connectivity index (χ0n) is 17.5. The van der Waals surface area contributed by atoms with E-state index in [0.717, 1.165) is 43.7 Å². The number of rotatable bonds is 6. The molecule has 1 aromatic carbocycles. The van der Waals surface area contributed by atoms with Crippen molar-refractivity contribution in [3.05, 3.63) is 59.9 Å². The second-order valence-electron chi connectivity index (χ2n) is 8.53. The van der Waals surface area contributed by atoms with Crippen LogP contribution in [0, 0.1) is 5.92 Å². The van der Waals surface area contributed by atoms with Gasteiger partial charge in [0.1, 0.15) is 11.5 Å². The predicted molar refractivity (Wildman–Crippen MR) is 118 cm³/mol. The number of hydrogen-bond donors (Lipinski definition) is 1. The van der Waals surface area contributed by atoms with Gasteiger partial charge in [0, 0.05) is 42.3 Å². The Morgan fingerprint density at radius 3 is 2.81 bits per heavy atom. The fraction of sp³-hybridized carbons (Fsp3) is 0.333. The number of carbonyl (C=O) groups is 1. The van der Waals surface area contributed by atoms with Crippen molar-refractivity contribution >= 4 is 22.8 Å². The monoisotopic (exact) mass is 429 g/mol. The molecule has 0 bridgehead atoms. The molecule has 0 radical (unpaired) electrons. The van der Waals surface area contributed by atoms with Gasteiger partial charge in [-0.1, -0.05) is 35.5 Å². The smallest absolute Gasteiger partial charge is 0.259 e. The lowest BCUT2D eigenvalue weighted by Crippen LogP contribution is -2.19. The van der Waals surface area contributed by atoms with Crippen LogP contribution in [0.3, 0.4) is 0 Å². The average molecular weight is 429 g/mol. The minimum absolute atomic E-state index is 0.218. The van der Waals surface area contributed by atoms with Crippen LogP contribution < -0.4 is 5.32 Å². The summed E-state index contributed by atoms with van der Waals surface area (Å²) in [5.74, 6) is 1.23. The van der Waals surface area contributed by atoms with Crippen molar-refractivity contribution in [2.45, 2.75) is 31.7 Å². The molecule has 0 spiro atoms. The SMILES string of the molecule is O=C(Nc1ccnn1C[C@@H]1CCOC1)c1cc(C2CC2)nc2onc(-c3ccccc3)c12. The number of anilines is 1. The van der Waals surface area contributed by atoms with E-state index >= 15 is 0 Å². The first-order valence-corrected chi connectivity index (χ1v) is 11.0. The summed E-state index contributed by atoms with van der Waals surface area (Å²) in [6, 6.07) is 13.4. The van der Waals surface area contributed by atoms with Crippen molar-refractivity contribution in [2.75, 3.05) is 18.5 Å². The van der Waals surface area contributed by atoms with E-state index in [0.29, 0.717) is 46.6 Å². The Hall–Kier alpha value is -3.52. The zero-order valence-corrected chi connectivity index (χ0v) is 17.5. The van der Waals surface area contributed by atoms with Crippen molar-refractivity contribution < 1.29 is 14.1 Å². The molecule has 1 aliphatic carbocycles.